The monoisotopic (exact) mass is 213 g/mol. The highest BCUT2D eigenvalue weighted by atomic mass is 35.5. The normalized spacial score (nSPS) is 9.79. The number of halogens is 1. The van der Waals surface area contributed by atoms with Gasteiger partial charge < -0.3 is 4.79 Å². The average molecular weight is 214 g/mol. The molecule has 74 valence electrons. The zero-order valence-corrected chi connectivity index (χ0v) is 8.03. The quantitative estimate of drug-likeness (QED) is 0.438. The van der Waals surface area contributed by atoms with Crippen molar-refractivity contribution >= 4 is 23.6 Å². The van der Waals surface area contributed by atoms with E-state index in [0.29, 0.717) is 12.8 Å². The van der Waals surface area contributed by atoms with Crippen LogP contribution in [0.1, 0.15) is 12.0 Å². The standard InChI is InChI=1S/C9H8ClNO3/c10-8-4-3-7(2-1-5-12)6-9(8)11(13)14/h3-6H,1-2H2. The predicted molar refractivity (Wildman–Crippen MR) is 52.5 cm³/mol. The molecule has 0 amide bonds. The Bertz CT molecular complexity index is 365. The van der Waals surface area contributed by atoms with Gasteiger partial charge in [-0.05, 0) is 18.1 Å². The van der Waals surface area contributed by atoms with E-state index >= 15 is 0 Å². The molecule has 0 N–H and O–H groups in total. The SMILES string of the molecule is O=CCCc1ccc(Cl)c([N+](=O)[O-])c1. The van der Waals surface area contributed by atoms with Crippen molar-refractivity contribution in [2.24, 2.45) is 0 Å². The van der Waals surface area contributed by atoms with Crippen LogP contribution in [-0.4, -0.2) is 11.2 Å². The molecule has 0 saturated carbocycles. The number of nitro benzene ring substituents is 1. The van der Waals surface area contributed by atoms with Gasteiger partial charge in [0.25, 0.3) is 5.69 Å². The Balaban J connectivity index is 2.94. The molecule has 1 aromatic carbocycles. The molecule has 0 unspecified atom stereocenters. The number of hydrogen-bond acceptors (Lipinski definition) is 3. The topological polar surface area (TPSA) is 60.2 Å². The van der Waals surface area contributed by atoms with Gasteiger partial charge in [-0.1, -0.05) is 17.7 Å². The third kappa shape index (κ3) is 2.53. The molecule has 0 atom stereocenters. The van der Waals surface area contributed by atoms with Crippen molar-refractivity contribution in [3.05, 3.63) is 38.9 Å². The first-order chi connectivity index (χ1) is 6.65. The minimum Gasteiger partial charge on any atom is -0.303 e. The molecule has 0 aliphatic rings. The van der Waals surface area contributed by atoms with Crippen molar-refractivity contribution in [2.75, 3.05) is 0 Å². The number of aldehydes is 1. The average Bonchev–Trinajstić information content (AvgIpc) is 2.16. The highest BCUT2D eigenvalue weighted by Crippen LogP contribution is 2.25. The molecule has 0 aromatic heterocycles. The number of benzene rings is 1. The lowest BCUT2D eigenvalue weighted by molar-refractivity contribution is -0.384. The second-order valence-corrected chi connectivity index (χ2v) is 3.16. The van der Waals surface area contributed by atoms with Crippen molar-refractivity contribution in [3.63, 3.8) is 0 Å². The maximum atomic E-state index is 10.5. The molecule has 1 rings (SSSR count). The third-order valence-corrected chi connectivity index (χ3v) is 2.08. The van der Waals surface area contributed by atoms with Gasteiger partial charge in [0.15, 0.2) is 0 Å². The van der Waals surface area contributed by atoms with Gasteiger partial charge in [0.1, 0.15) is 11.3 Å². The lowest BCUT2D eigenvalue weighted by Gasteiger charge is -1.99. The van der Waals surface area contributed by atoms with Crippen molar-refractivity contribution in [1.82, 2.24) is 0 Å². The van der Waals surface area contributed by atoms with Gasteiger partial charge in [-0.25, -0.2) is 0 Å². The number of carbonyl (C=O) groups excluding carboxylic acids is 1. The second kappa shape index (κ2) is 4.72. The minimum atomic E-state index is -0.535. The molecule has 0 aliphatic heterocycles. The minimum absolute atomic E-state index is 0.116. The largest absolute Gasteiger partial charge is 0.303 e. The number of aryl methyl sites for hydroxylation is 1. The van der Waals surface area contributed by atoms with Gasteiger partial charge in [0, 0.05) is 12.5 Å². The van der Waals surface area contributed by atoms with Crippen LogP contribution in [0.5, 0.6) is 0 Å². The van der Waals surface area contributed by atoms with E-state index in [-0.39, 0.29) is 10.7 Å². The molecule has 0 aliphatic carbocycles. The van der Waals surface area contributed by atoms with Gasteiger partial charge in [0.2, 0.25) is 0 Å². The first kappa shape index (κ1) is 10.7. The summed E-state index contributed by atoms with van der Waals surface area (Å²) in [7, 11) is 0. The molecule has 14 heavy (non-hydrogen) atoms. The Kier molecular flexibility index (Phi) is 3.59. The van der Waals surface area contributed by atoms with Gasteiger partial charge >= 0.3 is 0 Å². The molecule has 0 fully saturated rings. The van der Waals surface area contributed by atoms with E-state index < -0.39 is 4.92 Å². The van der Waals surface area contributed by atoms with Gasteiger partial charge in [-0.2, -0.15) is 0 Å². The van der Waals surface area contributed by atoms with Crippen LogP contribution >= 0.6 is 11.6 Å². The van der Waals surface area contributed by atoms with E-state index in [1.165, 1.54) is 12.1 Å². The van der Waals surface area contributed by atoms with Gasteiger partial charge in [-0.15, -0.1) is 0 Å². The van der Waals surface area contributed by atoms with E-state index in [9.17, 15) is 14.9 Å². The van der Waals surface area contributed by atoms with Crippen LogP contribution in [0.2, 0.25) is 5.02 Å². The smallest absolute Gasteiger partial charge is 0.288 e. The lowest BCUT2D eigenvalue weighted by atomic mass is 10.1. The fraction of sp³-hybridized carbons (Fsp3) is 0.222. The number of carbonyl (C=O) groups is 1. The summed E-state index contributed by atoms with van der Waals surface area (Å²) < 4.78 is 0. The fourth-order valence-corrected chi connectivity index (χ4v) is 1.27. The van der Waals surface area contributed by atoms with Crippen LogP contribution in [0.25, 0.3) is 0 Å². The maximum Gasteiger partial charge on any atom is 0.288 e. The zero-order valence-electron chi connectivity index (χ0n) is 7.27. The van der Waals surface area contributed by atoms with Crippen molar-refractivity contribution < 1.29 is 9.72 Å². The van der Waals surface area contributed by atoms with Crippen LogP contribution < -0.4 is 0 Å². The Morgan fingerprint density at radius 1 is 1.50 bits per heavy atom. The lowest BCUT2D eigenvalue weighted by Crippen LogP contribution is -1.92. The zero-order chi connectivity index (χ0) is 10.6. The Labute approximate surface area is 85.6 Å². The molecule has 0 heterocycles. The van der Waals surface area contributed by atoms with E-state index in [1.807, 2.05) is 0 Å². The Hall–Kier alpha value is -1.42. The van der Waals surface area contributed by atoms with E-state index in [0.717, 1.165) is 11.8 Å². The van der Waals surface area contributed by atoms with E-state index in [2.05, 4.69) is 0 Å². The number of hydrogen-bond donors (Lipinski definition) is 0. The summed E-state index contributed by atoms with van der Waals surface area (Å²) >= 11 is 5.61. The predicted octanol–water partition coefficient (Wildman–Crippen LogP) is 2.38. The molecule has 4 nitrogen and oxygen atoms in total. The molecule has 0 spiro atoms. The Morgan fingerprint density at radius 3 is 2.79 bits per heavy atom. The second-order valence-electron chi connectivity index (χ2n) is 2.75. The van der Waals surface area contributed by atoms with Crippen molar-refractivity contribution in [3.8, 4) is 0 Å². The number of nitro groups is 1. The van der Waals surface area contributed by atoms with Crippen LogP contribution in [0, 0.1) is 10.1 Å². The number of nitrogens with zero attached hydrogens (tertiary/aromatic N) is 1. The van der Waals surface area contributed by atoms with Crippen LogP contribution in [0.3, 0.4) is 0 Å². The Morgan fingerprint density at radius 2 is 2.21 bits per heavy atom. The summed E-state index contributed by atoms with van der Waals surface area (Å²) in [5.41, 5.74) is 0.628. The van der Waals surface area contributed by atoms with E-state index in [4.69, 9.17) is 11.6 Å². The summed E-state index contributed by atoms with van der Waals surface area (Å²) in [6, 6.07) is 4.55. The summed E-state index contributed by atoms with van der Waals surface area (Å²) in [6.45, 7) is 0. The summed E-state index contributed by atoms with van der Waals surface area (Å²) in [5, 5.41) is 10.6. The van der Waals surface area contributed by atoms with Gasteiger partial charge in [-0.3, -0.25) is 10.1 Å². The summed E-state index contributed by atoms with van der Waals surface area (Å²) in [6.07, 6.45) is 1.64. The van der Waals surface area contributed by atoms with Crippen molar-refractivity contribution in [2.45, 2.75) is 12.8 Å². The van der Waals surface area contributed by atoms with Crippen LogP contribution in [0.15, 0.2) is 18.2 Å². The van der Waals surface area contributed by atoms with Crippen molar-refractivity contribution in [1.29, 1.82) is 0 Å². The van der Waals surface area contributed by atoms with Crippen LogP contribution in [-0.2, 0) is 11.2 Å². The molecular weight excluding hydrogens is 206 g/mol. The fourth-order valence-electron chi connectivity index (χ4n) is 1.08. The molecule has 0 radical (unpaired) electrons. The molecule has 0 saturated heterocycles. The highest BCUT2D eigenvalue weighted by molar-refractivity contribution is 6.32. The molecule has 5 heteroatoms. The first-order valence-corrected chi connectivity index (χ1v) is 4.39. The molecule has 0 bridgehead atoms. The van der Waals surface area contributed by atoms with E-state index in [1.54, 1.807) is 6.07 Å². The summed E-state index contributed by atoms with van der Waals surface area (Å²) in [4.78, 5) is 20.1. The molecule has 1 aromatic rings. The summed E-state index contributed by atoms with van der Waals surface area (Å²) in [5.74, 6) is 0. The third-order valence-electron chi connectivity index (χ3n) is 1.76. The maximum absolute atomic E-state index is 10.5. The van der Waals surface area contributed by atoms with Gasteiger partial charge in [0.05, 0.1) is 4.92 Å². The van der Waals surface area contributed by atoms with Crippen LogP contribution in [0.4, 0.5) is 5.69 Å². The number of rotatable bonds is 4. The first-order valence-electron chi connectivity index (χ1n) is 4.01. The highest BCUT2D eigenvalue weighted by Gasteiger charge is 2.12. The molecular formula is C9H8ClNO3.